The molecule has 174 valence electrons. The third kappa shape index (κ3) is 8.42. The fourth-order valence-corrected chi connectivity index (χ4v) is 5.08. The van der Waals surface area contributed by atoms with Gasteiger partial charge in [0.05, 0.1) is 6.61 Å². The highest BCUT2D eigenvalue weighted by molar-refractivity contribution is 5.77. The van der Waals surface area contributed by atoms with Crippen molar-refractivity contribution in [2.24, 2.45) is 5.92 Å². The number of carbonyl (C=O) groups is 1. The molecule has 0 aromatic rings. The predicted octanol–water partition coefficient (Wildman–Crippen LogP) is 0.999. The Bertz CT molecular complexity index is 502. The first-order valence-corrected chi connectivity index (χ1v) is 12.2. The first-order chi connectivity index (χ1) is 14.4. The lowest BCUT2D eigenvalue weighted by Crippen LogP contribution is -2.52. The number of nitrogens with one attached hydrogen (secondary N) is 2. The van der Waals surface area contributed by atoms with Gasteiger partial charge in [-0.1, -0.05) is 0 Å². The average Bonchev–Trinajstić information content (AvgIpc) is 2.72. The van der Waals surface area contributed by atoms with Crippen LogP contribution in [0, 0.1) is 5.92 Å². The fourth-order valence-electron chi connectivity index (χ4n) is 5.08. The van der Waals surface area contributed by atoms with Gasteiger partial charge >= 0.3 is 0 Å². The molecule has 30 heavy (non-hydrogen) atoms. The van der Waals surface area contributed by atoms with Crippen LogP contribution >= 0.6 is 0 Å². The maximum atomic E-state index is 11.8. The Labute approximate surface area is 183 Å². The van der Waals surface area contributed by atoms with E-state index in [0.29, 0.717) is 6.61 Å². The number of piperazine rings is 1. The molecule has 2 N–H and O–H groups in total. The third-order valence-electron chi connectivity index (χ3n) is 6.75. The van der Waals surface area contributed by atoms with E-state index < -0.39 is 0 Å². The second-order valence-corrected chi connectivity index (χ2v) is 10.5. The molecule has 7 nitrogen and oxygen atoms in total. The lowest BCUT2D eigenvalue weighted by Gasteiger charge is -2.42. The molecule has 0 bridgehead atoms. The van der Waals surface area contributed by atoms with Gasteiger partial charge in [-0.05, 0) is 78.6 Å². The van der Waals surface area contributed by atoms with Crippen molar-refractivity contribution in [1.82, 2.24) is 25.3 Å². The molecule has 3 aliphatic heterocycles. The normalized spacial score (nSPS) is 24.2. The highest BCUT2D eigenvalue weighted by Crippen LogP contribution is 2.22. The lowest BCUT2D eigenvalue weighted by molar-refractivity contribution is -0.127. The van der Waals surface area contributed by atoms with E-state index in [2.05, 4.69) is 25.3 Å². The van der Waals surface area contributed by atoms with Crippen LogP contribution in [0.4, 0.5) is 0 Å². The Morgan fingerprint density at radius 3 is 2.23 bits per heavy atom. The molecule has 0 spiro atoms. The van der Waals surface area contributed by atoms with Crippen LogP contribution in [0.5, 0.6) is 0 Å². The summed E-state index contributed by atoms with van der Waals surface area (Å²) in [6, 6.07) is 0.815. The molecule has 3 heterocycles. The van der Waals surface area contributed by atoms with Gasteiger partial charge in [0.15, 0.2) is 0 Å². The number of rotatable bonds is 8. The first kappa shape index (κ1) is 23.9. The quantitative estimate of drug-likeness (QED) is 0.568. The fraction of sp³-hybridized carbons (Fsp3) is 0.957. The van der Waals surface area contributed by atoms with E-state index in [4.69, 9.17) is 4.74 Å². The molecule has 3 fully saturated rings. The molecule has 0 aliphatic carbocycles. The van der Waals surface area contributed by atoms with E-state index in [0.717, 1.165) is 31.6 Å². The van der Waals surface area contributed by atoms with Crippen molar-refractivity contribution in [3.8, 4) is 0 Å². The minimum Gasteiger partial charge on any atom is -0.370 e. The zero-order chi connectivity index (χ0) is 21.4. The van der Waals surface area contributed by atoms with Crippen LogP contribution in [-0.4, -0.2) is 111 Å². The second-order valence-electron chi connectivity index (χ2n) is 10.5. The van der Waals surface area contributed by atoms with Gasteiger partial charge in [0, 0.05) is 50.8 Å². The van der Waals surface area contributed by atoms with E-state index in [9.17, 15) is 4.79 Å². The molecule has 1 amide bonds. The number of ether oxygens (including phenoxy) is 1. The number of carbonyl (C=O) groups excluding carboxylic acids is 1. The Morgan fingerprint density at radius 2 is 1.60 bits per heavy atom. The monoisotopic (exact) mass is 423 g/mol. The molecule has 3 aliphatic rings. The predicted molar refractivity (Wildman–Crippen MR) is 122 cm³/mol. The SMILES string of the molecule is CC(C)(C)NC(=O)COCCN1CCC(CN2CCC(N3CCNCC3)CC2)CC1. The van der Waals surface area contributed by atoms with Crippen molar-refractivity contribution < 1.29 is 9.53 Å². The molecule has 0 saturated carbocycles. The smallest absolute Gasteiger partial charge is 0.246 e. The highest BCUT2D eigenvalue weighted by Gasteiger charge is 2.27. The summed E-state index contributed by atoms with van der Waals surface area (Å²) in [6.07, 6.45) is 5.28. The lowest BCUT2D eigenvalue weighted by atomic mass is 9.94. The number of nitrogens with zero attached hydrogens (tertiary/aromatic N) is 3. The highest BCUT2D eigenvalue weighted by atomic mass is 16.5. The molecule has 7 heteroatoms. The standard InChI is InChI=1S/C23H45N5O2/c1-23(2,3)25-22(29)19-30-17-16-26-10-4-20(5-11-26)18-27-12-6-21(7-13-27)28-14-8-24-9-15-28/h20-21,24H,4-19H2,1-3H3,(H,25,29). The van der Waals surface area contributed by atoms with Crippen molar-refractivity contribution in [2.45, 2.75) is 58.0 Å². The van der Waals surface area contributed by atoms with E-state index >= 15 is 0 Å². The van der Waals surface area contributed by atoms with Gasteiger partial charge in [-0.3, -0.25) is 9.69 Å². The van der Waals surface area contributed by atoms with Gasteiger partial charge in [0.1, 0.15) is 6.61 Å². The minimum atomic E-state index is -0.192. The molecule has 0 aromatic carbocycles. The van der Waals surface area contributed by atoms with Crippen molar-refractivity contribution in [1.29, 1.82) is 0 Å². The molecule has 0 atom stereocenters. The van der Waals surface area contributed by atoms with Crippen LogP contribution in [0.3, 0.4) is 0 Å². The van der Waals surface area contributed by atoms with Gasteiger partial charge in [-0.2, -0.15) is 0 Å². The van der Waals surface area contributed by atoms with Crippen LogP contribution in [0.15, 0.2) is 0 Å². The van der Waals surface area contributed by atoms with Crippen molar-refractivity contribution in [2.75, 3.05) is 78.7 Å². The van der Waals surface area contributed by atoms with Gasteiger partial charge < -0.3 is 25.2 Å². The summed E-state index contributed by atoms with van der Waals surface area (Å²) in [7, 11) is 0. The average molecular weight is 424 g/mol. The van der Waals surface area contributed by atoms with Crippen LogP contribution in [0.1, 0.15) is 46.5 Å². The first-order valence-electron chi connectivity index (χ1n) is 12.2. The van der Waals surface area contributed by atoms with Gasteiger partial charge in [0.2, 0.25) is 5.91 Å². The van der Waals surface area contributed by atoms with E-state index in [1.54, 1.807) is 0 Å². The van der Waals surface area contributed by atoms with Gasteiger partial charge in [0.25, 0.3) is 0 Å². The van der Waals surface area contributed by atoms with Gasteiger partial charge in [-0.25, -0.2) is 0 Å². The minimum absolute atomic E-state index is 0.0260. The number of amides is 1. The zero-order valence-corrected chi connectivity index (χ0v) is 19.6. The molecule has 3 saturated heterocycles. The van der Waals surface area contributed by atoms with Crippen LogP contribution in [0.2, 0.25) is 0 Å². The van der Waals surface area contributed by atoms with Crippen molar-refractivity contribution >= 4 is 5.91 Å². The Balaban J connectivity index is 1.22. The summed E-state index contributed by atoms with van der Waals surface area (Å²) < 4.78 is 5.58. The summed E-state index contributed by atoms with van der Waals surface area (Å²) in [5, 5.41) is 6.40. The Morgan fingerprint density at radius 1 is 0.967 bits per heavy atom. The summed E-state index contributed by atoms with van der Waals surface area (Å²) in [4.78, 5) is 19.7. The number of hydrogen-bond donors (Lipinski definition) is 2. The van der Waals surface area contributed by atoms with Crippen LogP contribution in [-0.2, 0) is 9.53 Å². The number of likely N-dealkylation sites (tertiary alicyclic amines) is 2. The molecular formula is C23H45N5O2. The molecule has 0 radical (unpaired) electrons. The molecule has 0 aromatic heterocycles. The number of piperidine rings is 2. The maximum absolute atomic E-state index is 11.8. The molecule has 3 rings (SSSR count). The maximum Gasteiger partial charge on any atom is 0.246 e. The summed E-state index contributed by atoms with van der Waals surface area (Å²) in [6.45, 7) is 18.7. The Hall–Kier alpha value is -0.730. The summed E-state index contributed by atoms with van der Waals surface area (Å²) >= 11 is 0. The zero-order valence-electron chi connectivity index (χ0n) is 19.6. The Kier molecular flexibility index (Phi) is 9.38. The van der Waals surface area contributed by atoms with Crippen LogP contribution < -0.4 is 10.6 Å². The van der Waals surface area contributed by atoms with Crippen LogP contribution in [0.25, 0.3) is 0 Å². The third-order valence-corrected chi connectivity index (χ3v) is 6.75. The molecule has 0 unspecified atom stereocenters. The topological polar surface area (TPSA) is 60.1 Å². The second kappa shape index (κ2) is 11.8. The van der Waals surface area contributed by atoms with Crippen molar-refractivity contribution in [3.63, 3.8) is 0 Å². The van der Waals surface area contributed by atoms with E-state index in [-0.39, 0.29) is 18.1 Å². The number of hydrogen-bond acceptors (Lipinski definition) is 6. The van der Waals surface area contributed by atoms with E-state index in [1.807, 2.05) is 20.8 Å². The summed E-state index contributed by atoms with van der Waals surface area (Å²) in [5.74, 6) is 0.817. The summed E-state index contributed by atoms with van der Waals surface area (Å²) in [5.41, 5.74) is -0.192. The molecular weight excluding hydrogens is 378 g/mol. The van der Waals surface area contributed by atoms with E-state index in [1.165, 1.54) is 71.5 Å². The largest absolute Gasteiger partial charge is 0.370 e. The van der Waals surface area contributed by atoms with Gasteiger partial charge in [-0.15, -0.1) is 0 Å². The van der Waals surface area contributed by atoms with Crippen molar-refractivity contribution in [3.05, 3.63) is 0 Å².